The molecule has 15 heavy (non-hydrogen) atoms. The average Bonchev–Trinajstić information content (AvgIpc) is 2.63. The number of rotatable bonds is 2. The van der Waals surface area contributed by atoms with Gasteiger partial charge in [-0.15, -0.1) is 0 Å². The van der Waals surface area contributed by atoms with Crippen molar-refractivity contribution in [3.05, 3.63) is 53.6 Å². The molecule has 0 atom stereocenters. The molecule has 1 heterocycles. The molecule has 0 saturated carbocycles. The van der Waals surface area contributed by atoms with E-state index < -0.39 is 0 Å². The van der Waals surface area contributed by atoms with Gasteiger partial charge in [0, 0.05) is 18.6 Å². The van der Waals surface area contributed by atoms with E-state index in [1.807, 2.05) is 23.9 Å². The molecule has 0 fully saturated rings. The summed E-state index contributed by atoms with van der Waals surface area (Å²) in [6, 6.07) is 8.44. The van der Waals surface area contributed by atoms with Gasteiger partial charge in [0.25, 0.3) is 0 Å². The Hall–Kier alpha value is -1.83. The van der Waals surface area contributed by atoms with Gasteiger partial charge in [0.2, 0.25) is 0 Å². The van der Waals surface area contributed by atoms with Crippen LogP contribution in [0.15, 0.2) is 36.7 Å². The van der Waals surface area contributed by atoms with Gasteiger partial charge >= 0.3 is 0 Å². The Bertz CT molecular complexity index is 464. The quantitative estimate of drug-likeness (QED) is 0.725. The summed E-state index contributed by atoms with van der Waals surface area (Å²) in [5, 5.41) is 0. The molecule has 2 aromatic rings. The summed E-state index contributed by atoms with van der Waals surface area (Å²) in [5.74, 6) is 0.998. The van der Waals surface area contributed by atoms with Gasteiger partial charge in [-0.3, -0.25) is 0 Å². The van der Waals surface area contributed by atoms with Gasteiger partial charge in [-0.05, 0) is 25.5 Å². The van der Waals surface area contributed by atoms with Crippen molar-refractivity contribution in [2.75, 3.05) is 0 Å². The summed E-state index contributed by atoms with van der Waals surface area (Å²) < 4.78 is 2.00. The van der Waals surface area contributed by atoms with Crippen LogP contribution in [0, 0.1) is 13.8 Å². The van der Waals surface area contributed by atoms with Crippen molar-refractivity contribution in [1.82, 2.24) is 9.55 Å². The summed E-state index contributed by atoms with van der Waals surface area (Å²) in [4.78, 5) is 4.15. The van der Waals surface area contributed by atoms with E-state index >= 15 is 0 Å². The first-order valence-corrected chi connectivity index (χ1v) is 5.00. The average molecular weight is 198 g/mol. The molecule has 0 bridgehead atoms. The topological polar surface area (TPSA) is 17.8 Å². The largest absolute Gasteiger partial charge is 0.311 e. The second kappa shape index (κ2) is 4.13. The highest BCUT2D eigenvalue weighted by molar-refractivity contribution is 5.60. The molecule has 2 rings (SSSR count). The lowest BCUT2D eigenvalue weighted by Crippen LogP contribution is -1.87. The van der Waals surface area contributed by atoms with E-state index in [1.54, 1.807) is 6.20 Å². The molecular weight excluding hydrogens is 184 g/mol. The monoisotopic (exact) mass is 198 g/mol. The zero-order chi connectivity index (χ0) is 10.7. The Morgan fingerprint density at radius 2 is 1.87 bits per heavy atom. The smallest absolute Gasteiger partial charge is 0.109 e. The Labute approximate surface area is 89.9 Å². The van der Waals surface area contributed by atoms with Crippen molar-refractivity contribution < 1.29 is 0 Å². The summed E-state index contributed by atoms with van der Waals surface area (Å²) >= 11 is 0. The summed E-state index contributed by atoms with van der Waals surface area (Å²) in [7, 11) is 0. The number of benzene rings is 1. The molecule has 1 aromatic carbocycles. The second-order valence-electron chi connectivity index (χ2n) is 3.61. The minimum absolute atomic E-state index is 0.998. The summed E-state index contributed by atoms with van der Waals surface area (Å²) in [5.41, 5.74) is 2.49. The Morgan fingerprint density at radius 1 is 1.13 bits per heavy atom. The molecule has 0 N–H and O–H groups in total. The van der Waals surface area contributed by atoms with E-state index in [9.17, 15) is 0 Å². The maximum atomic E-state index is 4.15. The van der Waals surface area contributed by atoms with Crippen molar-refractivity contribution in [2.24, 2.45) is 0 Å². The number of nitrogens with zero attached hydrogens (tertiary/aromatic N) is 2. The van der Waals surface area contributed by atoms with Crippen molar-refractivity contribution in [3.63, 3.8) is 0 Å². The Balaban J connectivity index is 2.19. The van der Waals surface area contributed by atoms with E-state index in [0.717, 1.165) is 5.82 Å². The zero-order valence-corrected chi connectivity index (χ0v) is 9.01. The maximum Gasteiger partial charge on any atom is 0.109 e. The van der Waals surface area contributed by atoms with Crippen LogP contribution < -0.4 is 0 Å². The predicted octanol–water partition coefficient (Wildman–Crippen LogP) is 3.13. The molecule has 2 heteroatoms. The van der Waals surface area contributed by atoms with E-state index in [0.29, 0.717) is 0 Å². The number of imidazole rings is 1. The first-order chi connectivity index (χ1) is 7.25. The van der Waals surface area contributed by atoms with E-state index in [2.05, 4.69) is 42.2 Å². The predicted molar refractivity (Wildman–Crippen MR) is 63.4 cm³/mol. The van der Waals surface area contributed by atoms with Crippen LogP contribution in [-0.4, -0.2) is 9.55 Å². The Kier molecular flexibility index (Phi) is 2.68. The molecule has 0 amide bonds. The van der Waals surface area contributed by atoms with Gasteiger partial charge in [-0.1, -0.05) is 29.8 Å². The van der Waals surface area contributed by atoms with Crippen LogP contribution >= 0.6 is 0 Å². The van der Waals surface area contributed by atoms with Gasteiger partial charge in [-0.25, -0.2) is 4.98 Å². The normalized spacial score (nSPS) is 11.1. The first kappa shape index (κ1) is 9.71. The number of hydrogen-bond donors (Lipinski definition) is 0. The summed E-state index contributed by atoms with van der Waals surface area (Å²) in [6.45, 7) is 4.08. The van der Waals surface area contributed by atoms with Crippen LogP contribution in [-0.2, 0) is 0 Å². The molecule has 0 spiro atoms. The maximum absolute atomic E-state index is 4.15. The van der Waals surface area contributed by atoms with Gasteiger partial charge < -0.3 is 4.57 Å². The van der Waals surface area contributed by atoms with Crippen LogP contribution in [0.5, 0.6) is 0 Å². The molecule has 0 aliphatic carbocycles. The lowest BCUT2D eigenvalue weighted by Gasteiger charge is -1.97. The minimum Gasteiger partial charge on any atom is -0.311 e. The van der Waals surface area contributed by atoms with Crippen molar-refractivity contribution in [2.45, 2.75) is 13.8 Å². The third-order valence-corrected chi connectivity index (χ3v) is 2.37. The van der Waals surface area contributed by atoms with Gasteiger partial charge in [0.1, 0.15) is 5.82 Å². The molecule has 76 valence electrons. The van der Waals surface area contributed by atoms with E-state index in [4.69, 9.17) is 0 Å². The molecule has 0 unspecified atom stereocenters. The van der Waals surface area contributed by atoms with Crippen LogP contribution in [0.1, 0.15) is 17.0 Å². The Morgan fingerprint density at radius 3 is 2.47 bits per heavy atom. The fraction of sp³-hybridized carbons (Fsp3) is 0.154. The lowest BCUT2D eigenvalue weighted by atomic mass is 10.1. The highest BCUT2D eigenvalue weighted by Gasteiger charge is 1.91. The lowest BCUT2D eigenvalue weighted by molar-refractivity contribution is 1.03. The van der Waals surface area contributed by atoms with Gasteiger partial charge in [0.05, 0.1) is 0 Å². The van der Waals surface area contributed by atoms with Crippen LogP contribution in [0.2, 0.25) is 0 Å². The van der Waals surface area contributed by atoms with Crippen LogP contribution in [0.25, 0.3) is 12.3 Å². The van der Waals surface area contributed by atoms with Crippen molar-refractivity contribution >= 4 is 12.3 Å². The van der Waals surface area contributed by atoms with Crippen molar-refractivity contribution in [1.29, 1.82) is 0 Å². The van der Waals surface area contributed by atoms with Crippen molar-refractivity contribution in [3.8, 4) is 0 Å². The standard InChI is InChI=1S/C13H14N2/c1-11-3-5-13(6-4-11)7-9-15-10-8-14-12(15)2/h3-10H,1-2H3/b9-7-. The molecule has 0 aliphatic heterocycles. The van der Waals surface area contributed by atoms with Crippen LogP contribution in [0.4, 0.5) is 0 Å². The second-order valence-corrected chi connectivity index (χ2v) is 3.61. The van der Waals surface area contributed by atoms with Gasteiger partial charge in [0.15, 0.2) is 0 Å². The fourth-order valence-electron chi connectivity index (χ4n) is 1.39. The van der Waals surface area contributed by atoms with Gasteiger partial charge in [-0.2, -0.15) is 0 Å². The van der Waals surface area contributed by atoms with E-state index in [1.165, 1.54) is 11.1 Å². The molecule has 0 radical (unpaired) electrons. The number of aromatic nitrogens is 2. The fourth-order valence-corrected chi connectivity index (χ4v) is 1.39. The number of hydrogen-bond acceptors (Lipinski definition) is 1. The summed E-state index contributed by atoms with van der Waals surface area (Å²) in [6.07, 6.45) is 7.84. The minimum atomic E-state index is 0.998. The molecule has 0 aliphatic rings. The third-order valence-electron chi connectivity index (χ3n) is 2.37. The molecular formula is C13H14N2. The molecule has 1 aromatic heterocycles. The molecule has 2 nitrogen and oxygen atoms in total. The highest BCUT2D eigenvalue weighted by Crippen LogP contribution is 2.06. The van der Waals surface area contributed by atoms with E-state index in [-0.39, 0.29) is 0 Å². The first-order valence-electron chi connectivity index (χ1n) is 5.00. The SMILES string of the molecule is Cc1ccc(/C=C\n2ccnc2C)cc1. The molecule has 0 saturated heterocycles. The highest BCUT2D eigenvalue weighted by atomic mass is 15.0. The van der Waals surface area contributed by atoms with Crippen LogP contribution in [0.3, 0.4) is 0 Å². The zero-order valence-electron chi connectivity index (χ0n) is 9.01. The third kappa shape index (κ3) is 2.34. The number of aryl methyl sites for hydroxylation is 2.